The lowest BCUT2D eigenvalue weighted by atomic mass is 10.2. The monoisotopic (exact) mass is 273 g/mol. The number of benzene rings is 1. The fourth-order valence-electron chi connectivity index (χ4n) is 1.68. The Labute approximate surface area is 96.9 Å². The van der Waals surface area contributed by atoms with E-state index in [9.17, 15) is 4.39 Å². The fourth-order valence-corrected chi connectivity index (χ4v) is 2.04. The molecule has 1 saturated heterocycles. The average molecular weight is 274 g/mol. The lowest BCUT2D eigenvalue weighted by molar-refractivity contribution is 0.274. The number of halogens is 2. The minimum atomic E-state index is -0.271. The van der Waals surface area contributed by atoms with Gasteiger partial charge in [-0.05, 0) is 47.4 Å². The predicted octanol–water partition coefficient (Wildman–Crippen LogP) is 2.72. The summed E-state index contributed by atoms with van der Waals surface area (Å²) in [5, 5.41) is 3.33. The highest BCUT2D eigenvalue weighted by atomic mass is 79.9. The molecule has 0 bridgehead atoms. The molecule has 1 aromatic carbocycles. The minimum Gasteiger partial charge on any atom is -0.491 e. The second-order valence-electron chi connectivity index (χ2n) is 3.68. The zero-order valence-electron chi connectivity index (χ0n) is 8.30. The van der Waals surface area contributed by atoms with Crippen molar-refractivity contribution < 1.29 is 9.13 Å². The molecule has 1 fully saturated rings. The van der Waals surface area contributed by atoms with Crippen molar-refractivity contribution in [1.29, 1.82) is 0 Å². The number of hydrogen-bond donors (Lipinski definition) is 1. The molecule has 2 nitrogen and oxygen atoms in total. The molecule has 1 N–H and O–H groups in total. The van der Waals surface area contributed by atoms with Crippen molar-refractivity contribution in [3.63, 3.8) is 0 Å². The van der Waals surface area contributed by atoms with E-state index in [2.05, 4.69) is 21.2 Å². The van der Waals surface area contributed by atoms with Crippen molar-refractivity contribution in [2.45, 2.75) is 18.9 Å². The third-order valence-electron chi connectivity index (χ3n) is 2.50. The van der Waals surface area contributed by atoms with Crippen molar-refractivity contribution in [3.05, 3.63) is 28.5 Å². The Balaban J connectivity index is 1.94. The highest BCUT2D eigenvalue weighted by molar-refractivity contribution is 9.10. The van der Waals surface area contributed by atoms with Crippen LogP contribution in [0.1, 0.15) is 12.8 Å². The quantitative estimate of drug-likeness (QED) is 0.915. The van der Waals surface area contributed by atoms with Gasteiger partial charge in [0.1, 0.15) is 18.2 Å². The Morgan fingerprint density at radius 1 is 1.53 bits per heavy atom. The van der Waals surface area contributed by atoms with Crippen molar-refractivity contribution in [1.82, 2.24) is 5.32 Å². The first kappa shape index (κ1) is 10.9. The molecule has 0 radical (unpaired) electrons. The molecule has 15 heavy (non-hydrogen) atoms. The first-order valence-corrected chi connectivity index (χ1v) is 5.86. The minimum absolute atomic E-state index is 0.271. The molecule has 82 valence electrons. The molecular formula is C11H13BrFNO. The summed E-state index contributed by atoms with van der Waals surface area (Å²) < 4.78 is 19.3. The summed E-state index contributed by atoms with van der Waals surface area (Å²) in [6.45, 7) is 1.65. The van der Waals surface area contributed by atoms with Crippen LogP contribution in [0, 0.1) is 5.82 Å². The van der Waals surface area contributed by atoms with Gasteiger partial charge in [-0.1, -0.05) is 0 Å². The summed E-state index contributed by atoms with van der Waals surface area (Å²) in [4.78, 5) is 0. The van der Waals surface area contributed by atoms with Crippen LogP contribution in [0.2, 0.25) is 0 Å². The first-order valence-electron chi connectivity index (χ1n) is 5.07. The maximum absolute atomic E-state index is 12.9. The standard InChI is InChI=1S/C11H13BrFNO/c12-10-4-3-8(13)6-11(10)15-7-9-2-1-5-14-9/h3-4,6,9,14H,1-2,5,7H2/t9-/m1/s1. The van der Waals surface area contributed by atoms with E-state index in [1.165, 1.54) is 18.6 Å². The van der Waals surface area contributed by atoms with Gasteiger partial charge in [-0.3, -0.25) is 0 Å². The lowest BCUT2D eigenvalue weighted by Gasteiger charge is -2.13. The van der Waals surface area contributed by atoms with Gasteiger partial charge >= 0.3 is 0 Å². The summed E-state index contributed by atoms with van der Waals surface area (Å²) in [5.74, 6) is 0.302. The number of ether oxygens (including phenoxy) is 1. The SMILES string of the molecule is Fc1ccc(Br)c(OC[C@H]2CCCN2)c1. The lowest BCUT2D eigenvalue weighted by Crippen LogP contribution is -2.28. The second kappa shape index (κ2) is 4.94. The molecule has 4 heteroatoms. The molecule has 0 aromatic heterocycles. The van der Waals surface area contributed by atoms with Crippen molar-refractivity contribution in [2.75, 3.05) is 13.2 Å². The summed E-state index contributed by atoms with van der Waals surface area (Å²) in [5.41, 5.74) is 0. The van der Waals surface area contributed by atoms with Gasteiger partial charge in [0.05, 0.1) is 4.47 Å². The van der Waals surface area contributed by atoms with Crippen LogP contribution < -0.4 is 10.1 Å². The Morgan fingerprint density at radius 2 is 2.40 bits per heavy atom. The van der Waals surface area contributed by atoms with Crippen LogP contribution in [0.15, 0.2) is 22.7 Å². The Hall–Kier alpha value is -0.610. The molecule has 1 atom stereocenters. The topological polar surface area (TPSA) is 21.3 Å². The van der Waals surface area contributed by atoms with Crippen LogP contribution in [-0.2, 0) is 0 Å². The van der Waals surface area contributed by atoms with Crippen LogP contribution in [0.25, 0.3) is 0 Å². The highest BCUT2D eigenvalue weighted by Crippen LogP contribution is 2.25. The molecule has 0 amide bonds. The van der Waals surface area contributed by atoms with Crippen molar-refractivity contribution in [3.8, 4) is 5.75 Å². The fraction of sp³-hybridized carbons (Fsp3) is 0.455. The summed E-state index contributed by atoms with van der Waals surface area (Å²) in [6, 6.07) is 4.87. The van der Waals surface area contributed by atoms with Crippen molar-refractivity contribution >= 4 is 15.9 Å². The van der Waals surface area contributed by atoms with E-state index in [-0.39, 0.29) is 5.82 Å². The number of hydrogen-bond acceptors (Lipinski definition) is 2. The zero-order valence-corrected chi connectivity index (χ0v) is 9.89. The van der Waals surface area contributed by atoms with Gasteiger partial charge in [-0.2, -0.15) is 0 Å². The third-order valence-corrected chi connectivity index (χ3v) is 3.15. The zero-order chi connectivity index (χ0) is 10.7. The molecule has 0 aliphatic carbocycles. The van der Waals surface area contributed by atoms with E-state index < -0.39 is 0 Å². The molecule has 0 unspecified atom stereocenters. The van der Waals surface area contributed by atoms with Gasteiger partial charge in [0.15, 0.2) is 0 Å². The van der Waals surface area contributed by atoms with Crippen LogP contribution >= 0.6 is 15.9 Å². The second-order valence-corrected chi connectivity index (χ2v) is 4.53. The van der Waals surface area contributed by atoms with E-state index in [4.69, 9.17) is 4.74 Å². The molecule has 1 aliphatic heterocycles. The van der Waals surface area contributed by atoms with E-state index in [0.717, 1.165) is 17.4 Å². The van der Waals surface area contributed by atoms with Gasteiger partial charge < -0.3 is 10.1 Å². The van der Waals surface area contributed by atoms with Crippen LogP contribution in [0.3, 0.4) is 0 Å². The van der Waals surface area contributed by atoms with E-state index >= 15 is 0 Å². The molecule has 0 saturated carbocycles. The van der Waals surface area contributed by atoms with Crippen LogP contribution in [-0.4, -0.2) is 19.2 Å². The smallest absolute Gasteiger partial charge is 0.136 e. The number of nitrogens with one attached hydrogen (secondary N) is 1. The average Bonchev–Trinajstić information content (AvgIpc) is 2.72. The Bertz CT molecular complexity index is 339. The van der Waals surface area contributed by atoms with Gasteiger partial charge in [-0.15, -0.1) is 0 Å². The molecule has 1 heterocycles. The van der Waals surface area contributed by atoms with Gasteiger partial charge in [0, 0.05) is 12.1 Å². The van der Waals surface area contributed by atoms with Crippen LogP contribution in [0.5, 0.6) is 5.75 Å². The summed E-state index contributed by atoms with van der Waals surface area (Å²) >= 11 is 3.33. The molecular weight excluding hydrogens is 261 g/mol. The van der Waals surface area contributed by atoms with Crippen LogP contribution in [0.4, 0.5) is 4.39 Å². The largest absolute Gasteiger partial charge is 0.491 e. The van der Waals surface area contributed by atoms with E-state index in [1.54, 1.807) is 6.07 Å². The van der Waals surface area contributed by atoms with E-state index in [1.807, 2.05) is 0 Å². The Kier molecular flexibility index (Phi) is 3.59. The predicted molar refractivity (Wildman–Crippen MR) is 60.6 cm³/mol. The van der Waals surface area contributed by atoms with Gasteiger partial charge in [-0.25, -0.2) is 4.39 Å². The maximum atomic E-state index is 12.9. The third kappa shape index (κ3) is 2.92. The van der Waals surface area contributed by atoms with Crippen molar-refractivity contribution in [2.24, 2.45) is 0 Å². The molecule has 1 aliphatic rings. The molecule has 1 aromatic rings. The summed E-state index contributed by atoms with van der Waals surface area (Å²) in [7, 11) is 0. The molecule has 2 rings (SSSR count). The highest BCUT2D eigenvalue weighted by Gasteiger charge is 2.15. The Morgan fingerprint density at radius 3 is 3.13 bits per heavy atom. The first-order chi connectivity index (χ1) is 7.25. The van der Waals surface area contributed by atoms with Gasteiger partial charge in [0.25, 0.3) is 0 Å². The normalized spacial score (nSPS) is 20.5. The maximum Gasteiger partial charge on any atom is 0.136 e. The van der Waals surface area contributed by atoms with Gasteiger partial charge in [0.2, 0.25) is 0 Å². The number of rotatable bonds is 3. The summed E-state index contributed by atoms with van der Waals surface area (Å²) in [6.07, 6.45) is 2.32. The molecule has 0 spiro atoms. The van der Waals surface area contributed by atoms with E-state index in [0.29, 0.717) is 18.4 Å².